The Kier molecular flexibility index (Phi) is 3.96. The van der Waals surface area contributed by atoms with Crippen molar-refractivity contribution in [1.82, 2.24) is 5.32 Å². The number of hydrogen-bond acceptors (Lipinski definition) is 2. The average molecular weight is 293 g/mol. The first-order valence-electron chi connectivity index (χ1n) is 7.48. The van der Waals surface area contributed by atoms with E-state index in [-0.39, 0.29) is 11.8 Å². The largest absolute Gasteiger partial charge is 0.451 e. The van der Waals surface area contributed by atoms with Crippen molar-refractivity contribution in [3.05, 3.63) is 71.5 Å². The minimum Gasteiger partial charge on any atom is -0.451 e. The van der Waals surface area contributed by atoms with E-state index in [1.807, 2.05) is 49.4 Å². The number of rotatable bonds is 4. The molecule has 3 nitrogen and oxygen atoms in total. The fourth-order valence-corrected chi connectivity index (χ4v) is 2.62. The van der Waals surface area contributed by atoms with Gasteiger partial charge in [-0.3, -0.25) is 4.79 Å². The lowest BCUT2D eigenvalue weighted by Crippen LogP contribution is -2.27. The molecule has 3 rings (SSSR count). The van der Waals surface area contributed by atoms with E-state index in [4.69, 9.17) is 4.42 Å². The highest BCUT2D eigenvalue weighted by Crippen LogP contribution is 2.24. The molecule has 0 saturated carbocycles. The van der Waals surface area contributed by atoms with Gasteiger partial charge in [-0.2, -0.15) is 0 Å². The maximum atomic E-state index is 12.4. The predicted octanol–water partition coefficient (Wildman–Crippen LogP) is 4.27. The fourth-order valence-electron chi connectivity index (χ4n) is 2.62. The van der Waals surface area contributed by atoms with Gasteiger partial charge in [0, 0.05) is 17.5 Å². The van der Waals surface area contributed by atoms with Crippen molar-refractivity contribution in [1.29, 1.82) is 0 Å². The second-order valence-electron chi connectivity index (χ2n) is 5.57. The number of benzene rings is 2. The summed E-state index contributed by atoms with van der Waals surface area (Å²) < 4.78 is 5.69. The highest BCUT2D eigenvalue weighted by Gasteiger charge is 2.17. The Morgan fingerprint density at radius 1 is 1.09 bits per heavy atom. The first-order valence-corrected chi connectivity index (χ1v) is 7.48. The van der Waals surface area contributed by atoms with Gasteiger partial charge in [0.25, 0.3) is 5.91 Å². The molecule has 0 fully saturated rings. The Balaban J connectivity index is 1.72. The van der Waals surface area contributed by atoms with Crippen LogP contribution >= 0.6 is 0 Å². The van der Waals surface area contributed by atoms with Gasteiger partial charge in [0.1, 0.15) is 5.58 Å². The molecular formula is C19H19NO2. The monoisotopic (exact) mass is 293 g/mol. The third-order valence-corrected chi connectivity index (χ3v) is 3.99. The number of amides is 1. The van der Waals surface area contributed by atoms with Gasteiger partial charge < -0.3 is 9.73 Å². The molecule has 1 heterocycles. The Hall–Kier alpha value is -2.55. The molecule has 1 amide bonds. The van der Waals surface area contributed by atoms with Crippen molar-refractivity contribution in [2.75, 3.05) is 6.54 Å². The zero-order valence-corrected chi connectivity index (χ0v) is 12.8. The number of para-hydroxylation sites is 1. The fraction of sp³-hybridized carbons (Fsp3) is 0.211. The molecule has 0 bridgehead atoms. The van der Waals surface area contributed by atoms with E-state index in [2.05, 4.69) is 24.4 Å². The van der Waals surface area contributed by atoms with E-state index in [1.54, 1.807) is 0 Å². The van der Waals surface area contributed by atoms with Gasteiger partial charge in [-0.05, 0) is 24.5 Å². The van der Waals surface area contributed by atoms with Crippen LogP contribution in [0.1, 0.15) is 34.5 Å². The van der Waals surface area contributed by atoms with Gasteiger partial charge >= 0.3 is 0 Å². The van der Waals surface area contributed by atoms with Gasteiger partial charge in [-0.1, -0.05) is 55.5 Å². The van der Waals surface area contributed by atoms with Crippen molar-refractivity contribution in [3.63, 3.8) is 0 Å². The zero-order chi connectivity index (χ0) is 15.5. The van der Waals surface area contributed by atoms with Crippen LogP contribution in [0.4, 0.5) is 0 Å². The Morgan fingerprint density at radius 2 is 1.77 bits per heavy atom. The van der Waals surface area contributed by atoms with Crippen LogP contribution in [0.15, 0.2) is 59.0 Å². The third-order valence-electron chi connectivity index (χ3n) is 3.99. The lowest BCUT2D eigenvalue weighted by atomic mass is 10.0. The topological polar surface area (TPSA) is 42.2 Å². The quantitative estimate of drug-likeness (QED) is 0.780. The van der Waals surface area contributed by atoms with Gasteiger partial charge in [0.15, 0.2) is 5.76 Å². The second kappa shape index (κ2) is 6.06. The highest BCUT2D eigenvalue weighted by molar-refractivity contribution is 5.98. The normalized spacial score (nSPS) is 12.3. The summed E-state index contributed by atoms with van der Waals surface area (Å²) in [4.78, 5) is 12.4. The first kappa shape index (κ1) is 14.4. The standard InChI is InChI=1S/C19H19NO2/c1-13(15-8-4-3-5-9-15)12-20-19(21)18-14(2)16-10-6-7-11-17(16)22-18/h3-11,13H,12H2,1-2H3,(H,20,21). The van der Waals surface area contributed by atoms with E-state index in [9.17, 15) is 4.79 Å². The molecule has 0 aliphatic rings. The molecule has 3 heteroatoms. The zero-order valence-electron chi connectivity index (χ0n) is 12.8. The van der Waals surface area contributed by atoms with Crippen LogP contribution < -0.4 is 5.32 Å². The molecule has 2 aromatic carbocycles. The summed E-state index contributed by atoms with van der Waals surface area (Å²) in [6.45, 7) is 4.60. The minimum atomic E-state index is -0.156. The van der Waals surface area contributed by atoms with Gasteiger partial charge in [-0.15, -0.1) is 0 Å². The summed E-state index contributed by atoms with van der Waals surface area (Å²) in [5, 5.41) is 3.96. The average Bonchev–Trinajstić information content (AvgIpc) is 2.90. The number of carbonyl (C=O) groups is 1. The SMILES string of the molecule is Cc1c(C(=O)NCC(C)c2ccccc2)oc2ccccc12. The van der Waals surface area contributed by atoms with E-state index in [1.165, 1.54) is 5.56 Å². The van der Waals surface area contributed by atoms with E-state index in [0.717, 1.165) is 16.5 Å². The summed E-state index contributed by atoms with van der Waals surface area (Å²) in [5.41, 5.74) is 2.85. The summed E-state index contributed by atoms with van der Waals surface area (Å²) in [6.07, 6.45) is 0. The van der Waals surface area contributed by atoms with Gasteiger partial charge in [-0.25, -0.2) is 0 Å². The maximum Gasteiger partial charge on any atom is 0.287 e. The molecule has 3 aromatic rings. The first-order chi connectivity index (χ1) is 10.7. The molecular weight excluding hydrogens is 274 g/mol. The van der Waals surface area contributed by atoms with Crippen LogP contribution in [0.5, 0.6) is 0 Å². The number of furan rings is 1. The van der Waals surface area contributed by atoms with E-state index >= 15 is 0 Å². The van der Waals surface area contributed by atoms with Crippen LogP contribution in [-0.4, -0.2) is 12.5 Å². The molecule has 112 valence electrons. The number of carbonyl (C=O) groups excluding carboxylic acids is 1. The number of fused-ring (bicyclic) bond motifs is 1. The Labute approximate surface area is 130 Å². The summed E-state index contributed by atoms with van der Waals surface area (Å²) >= 11 is 0. The molecule has 1 unspecified atom stereocenters. The molecule has 1 N–H and O–H groups in total. The van der Waals surface area contributed by atoms with Crippen molar-refractivity contribution < 1.29 is 9.21 Å². The van der Waals surface area contributed by atoms with Crippen molar-refractivity contribution in [2.45, 2.75) is 19.8 Å². The molecule has 22 heavy (non-hydrogen) atoms. The Bertz CT molecular complexity index is 790. The molecule has 0 spiro atoms. The van der Waals surface area contributed by atoms with Crippen LogP contribution in [0.3, 0.4) is 0 Å². The predicted molar refractivity (Wildman–Crippen MR) is 88.1 cm³/mol. The minimum absolute atomic E-state index is 0.156. The van der Waals surface area contributed by atoms with E-state index < -0.39 is 0 Å². The van der Waals surface area contributed by atoms with Crippen molar-refractivity contribution >= 4 is 16.9 Å². The summed E-state index contributed by atoms with van der Waals surface area (Å²) in [5.74, 6) is 0.507. The smallest absolute Gasteiger partial charge is 0.287 e. The van der Waals surface area contributed by atoms with Crippen LogP contribution in [-0.2, 0) is 0 Å². The number of nitrogens with one attached hydrogen (secondary N) is 1. The third kappa shape index (κ3) is 2.75. The Morgan fingerprint density at radius 3 is 2.50 bits per heavy atom. The van der Waals surface area contributed by atoms with Gasteiger partial charge in [0.2, 0.25) is 0 Å². The summed E-state index contributed by atoms with van der Waals surface area (Å²) in [7, 11) is 0. The lowest BCUT2D eigenvalue weighted by Gasteiger charge is -2.12. The molecule has 1 atom stereocenters. The second-order valence-corrected chi connectivity index (χ2v) is 5.57. The molecule has 0 saturated heterocycles. The number of aryl methyl sites for hydroxylation is 1. The molecule has 0 aliphatic heterocycles. The molecule has 0 aliphatic carbocycles. The molecule has 1 aromatic heterocycles. The lowest BCUT2D eigenvalue weighted by molar-refractivity contribution is 0.0925. The highest BCUT2D eigenvalue weighted by atomic mass is 16.3. The van der Waals surface area contributed by atoms with Crippen LogP contribution in [0.2, 0.25) is 0 Å². The maximum absolute atomic E-state index is 12.4. The molecule has 0 radical (unpaired) electrons. The van der Waals surface area contributed by atoms with Crippen molar-refractivity contribution in [2.24, 2.45) is 0 Å². The van der Waals surface area contributed by atoms with Crippen molar-refractivity contribution in [3.8, 4) is 0 Å². The number of hydrogen-bond donors (Lipinski definition) is 1. The van der Waals surface area contributed by atoms with Gasteiger partial charge in [0.05, 0.1) is 0 Å². The summed E-state index contributed by atoms with van der Waals surface area (Å²) in [6, 6.07) is 17.9. The van der Waals surface area contributed by atoms with Crippen LogP contribution in [0, 0.1) is 6.92 Å². The van der Waals surface area contributed by atoms with E-state index in [0.29, 0.717) is 12.3 Å². The van der Waals surface area contributed by atoms with Crippen LogP contribution in [0.25, 0.3) is 11.0 Å².